The van der Waals surface area contributed by atoms with E-state index in [1.165, 1.54) is 19.3 Å². The van der Waals surface area contributed by atoms with Crippen LogP contribution >= 0.6 is 0 Å². The molecule has 0 amide bonds. The molecule has 3 fully saturated rings. The second-order valence-corrected chi connectivity index (χ2v) is 9.72. The predicted molar refractivity (Wildman–Crippen MR) is 97.7 cm³/mol. The van der Waals surface area contributed by atoms with Crippen LogP contribution in [-0.4, -0.2) is 23.0 Å². The fourth-order valence-electron chi connectivity index (χ4n) is 7.49. The molecular formula is C22H29NO2. The molecule has 3 saturated carbocycles. The zero-order valence-electron chi connectivity index (χ0n) is 15.4. The van der Waals surface area contributed by atoms with Crippen molar-refractivity contribution in [2.24, 2.45) is 39.7 Å². The largest absolute Gasteiger partial charge is 0.388 e. The van der Waals surface area contributed by atoms with Crippen molar-refractivity contribution in [3.63, 3.8) is 0 Å². The van der Waals surface area contributed by atoms with Crippen LogP contribution in [0.2, 0.25) is 0 Å². The Hall–Kier alpha value is -1.27. The molecule has 0 spiro atoms. The summed E-state index contributed by atoms with van der Waals surface area (Å²) in [6, 6.07) is 0. The molecule has 4 aliphatic carbocycles. The van der Waals surface area contributed by atoms with E-state index in [-0.39, 0.29) is 16.9 Å². The summed E-state index contributed by atoms with van der Waals surface area (Å²) in [4.78, 5) is 5.55. The van der Waals surface area contributed by atoms with Crippen LogP contribution < -0.4 is 0 Å². The summed E-state index contributed by atoms with van der Waals surface area (Å²) >= 11 is 0. The molecule has 0 aromatic heterocycles. The van der Waals surface area contributed by atoms with Gasteiger partial charge in [0.25, 0.3) is 0 Å². The van der Waals surface area contributed by atoms with E-state index in [4.69, 9.17) is 11.3 Å². The number of hydrogen-bond acceptors (Lipinski definition) is 3. The lowest BCUT2D eigenvalue weighted by molar-refractivity contribution is -0.103. The van der Waals surface area contributed by atoms with E-state index in [0.29, 0.717) is 23.7 Å². The highest BCUT2D eigenvalue weighted by atomic mass is 16.6. The molecule has 8 unspecified atom stereocenters. The standard InChI is InChI=1S/C22H29NO2/c1-4-22(24)10-8-18-16-6-5-15-11-19-14(13-23-25-19)12-20(15,2)17(16)7-9-21(18,22)3/h1,11,13-14,16-19,24H,5-10,12H2,2-3H3. The van der Waals surface area contributed by atoms with Gasteiger partial charge in [-0.05, 0) is 74.2 Å². The third-order valence-electron chi connectivity index (χ3n) is 9.01. The van der Waals surface area contributed by atoms with E-state index in [1.807, 2.05) is 6.21 Å². The van der Waals surface area contributed by atoms with Gasteiger partial charge in [0.05, 0.1) is 6.21 Å². The highest BCUT2D eigenvalue weighted by Gasteiger charge is 2.64. The van der Waals surface area contributed by atoms with Crippen molar-refractivity contribution in [2.75, 3.05) is 0 Å². The van der Waals surface area contributed by atoms with Crippen LogP contribution in [0.25, 0.3) is 0 Å². The highest BCUT2D eigenvalue weighted by molar-refractivity contribution is 5.64. The van der Waals surface area contributed by atoms with Gasteiger partial charge in [-0.25, -0.2) is 0 Å². The molecule has 8 atom stereocenters. The Kier molecular flexibility index (Phi) is 3.13. The number of rotatable bonds is 0. The molecule has 1 N–H and O–H groups in total. The number of allylic oxidation sites excluding steroid dienone is 1. The molecule has 134 valence electrons. The van der Waals surface area contributed by atoms with Gasteiger partial charge >= 0.3 is 0 Å². The molecule has 0 radical (unpaired) electrons. The van der Waals surface area contributed by atoms with Crippen LogP contribution in [0.3, 0.4) is 0 Å². The lowest BCUT2D eigenvalue weighted by Crippen LogP contribution is -2.55. The molecule has 5 rings (SSSR count). The molecule has 0 aromatic rings. The van der Waals surface area contributed by atoms with Crippen LogP contribution in [0.4, 0.5) is 0 Å². The van der Waals surface area contributed by atoms with E-state index in [2.05, 4.69) is 31.0 Å². The van der Waals surface area contributed by atoms with Crippen LogP contribution in [0.5, 0.6) is 0 Å². The van der Waals surface area contributed by atoms with Crippen molar-refractivity contribution in [3.05, 3.63) is 11.6 Å². The maximum Gasteiger partial charge on any atom is 0.153 e. The molecule has 25 heavy (non-hydrogen) atoms. The van der Waals surface area contributed by atoms with Gasteiger partial charge in [-0.1, -0.05) is 30.5 Å². The number of hydrogen-bond donors (Lipinski definition) is 1. The van der Waals surface area contributed by atoms with Crippen LogP contribution in [0.15, 0.2) is 16.8 Å². The molecule has 5 aliphatic rings. The van der Waals surface area contributed by atoms with Gasteiger partial charge in [-0.15, -0.1) is 6.42 Å². The van der Waals surface area contributed by atoms with Gasteiger partial charge in [0.15, 0.2) is 6.10 Å². The summed E-state index contributed by atoms with van der Waals surface area (Å²) in [6.07, 6.45) is 18.0. The van der Waals surface area contributed by atoms with Crippen molar-refractivity contribution < 1.29 is 9.94 Å². The fourth-order valence-corrected chi connectivity index (χ4v) is 7.49. The molecule has 1 heterocycles. The summed E-state index contributed by atoms with van der Waals surface area (Å²) < 4.78 is 0. The van der Waals surface area contributed by atoms with Gasteiger partial charge in [-0.3, -0.25) is 0 Å². The zero-order valence-corrected chi connectivity index (χ0v) is 15.4. The van der Waals surface area contributed by atoms with Gasteiger partial charge in [0.2, 0.25) is 0 Å². The minimum Gasteiger partial charge on any atom is -0.388 e. The monoisotopic (exact) mass is 339 g/mol. The van der Waals surface area contributed by atoms with Crippen molar-refractivity contribution in [3.8, 4) is 12.3 Å². The fraction of sp³-hybridized carbons (Fsp3) is 0.773. The normalized spacial score (nSPS) is 55.9. The Labute approximate surface area is 150 Å². The van der Waals surface area contributed by atoms with E-state index in [9.17, 15) is 5.11 Å². The first-order valence-electron chi connectivity index (χ1n) is 10.0. The van der Waals surface area contributed by atoms with E-state index < -0.39 is 5.60 Å². The first-order valence-corrected chi connectivity index (χ1v) is 10.0. The molecule has 0 aromatic carbocycles. The summed E-state index contributed by atoms with van der Waals surface area (Å²) in [7, 11) is 0. The third kappa shape index (κ3) is 1.85. The zero-order chi connectivity index (χ0) is 17.4. The van der Waals surface area contributed by atoms with Gasteiger partial charge < -0.3 is 9.94 Å². The lowest BCUT2D eigenvalue weighted by atomic mass is 9.46. The van der Waals surface area contributed by atoms with Crippen molar-refractivity contribution in [1.82, 2.24) is 0 Å². The van der Waals surface area contributed by atoms with E-state index >= 15 is 0 Å². The Balaban J connectivity index is 1.50. The summed E-state index contributed by atoms with van der Waals surface area (Å²) in [6.45, 7) is 4.76. The van der Waals surface area contributed by atoms with E-state index in [0.717, 1.165) is 25.7 Å². The minimum absolute atomic E-state index is 0.102. The number of aliphatic hydroxyl groups is 1. The van der Waals surface area contributed by atoms with Gasteiger partial charge in [-0.2, -0.15) is 0 Å². The molecular weight excluding hydrogens is 310 g/mol. The Morgan fingerprint density at radius 2 is 2.04 bits per heavy atom. The topological polar surface area (TPSA) is 41.8 Å². The minimum atomic E-state index is -0.900. The van der Waals surface area contributed by atoms with Gasteiger partial charge in [0, 0.05) is 11.3 Å². The lowest BCUT2D eigenvalue weighted by Gasteiger charge is -2.59. The molecule has 3 heteroatoms. The van der Waals surface area contributed by atoms with E-state index in [1.54, 1.807) is 5.57 Å². The van der Waals surface area contributed by atoms with Crippen LogP contribution in [-0.2, 0) is 4.84 Å². The summed E-state index contributed by atoms with van der Waals surface area (Å²) in [5, 5.41) is 15.2. The molecule has 0 saturated heterocycles. The predicted octanol–water partition coefficient (Wildman–Crippen LogP) is 3.92. The second kappa shape index (κ2) is 4.92. The maximum absolute atomic E-state index is 11.1. The summed E-state index contributed by atoms with van der Waals surface area (Å²) in [5.41, 5.74) is 0.871. The van der Waals surface area contributed by atoms with Crippen molar-refractivity contribution in [2.45, 2.75) is 70.5 Å². The maximum atomic E-state index is 11.1. The molecule has 3 nitrogen and oxygen atoms in total. The summed E-state index contributed by atoms with van der Waals surface area (Å²) in [5.74, 6) is 5.19. The Morgan fingerprint density at radius 3 is 2.84 bits per heavy atom. The number of nitrogens with zero attached hydrogens (tertiary/aromatic N) is 1. The number of terminal acetylenes is 1. The van der Waals surface area contributed by atoms with Crippen LogP contribution in [0.1, 0.15) is 58.8 Å². The first kappa shape index (κ1) is 15.9. The highest BCUT2D eigenvalue weighted by Crippen LogP contribution is 2.67. The smallest absolute Gasteiger partial charge is 0.153 e. The Bertz CT molecular complexity index is 705. The second-order valence-electron chi connectivity index (χ2n) is 9.72. The number of fused-ring (bicyclic) bond motifs is 6. The van der Waals surface area contributed by atoms with Crippen molar-refractivity contribution in [1.29, 1.82) is 0 Å². The molecule has 1 aliphatic heterocycles. The van der Waals surface area contributed by atoms with Gasteiger partial charge in [0.1, 0.15) is 5.60 Å². The Morgan fingerprint density at radius 1 is 1.24 bits per heavy atom. The average Bonchev–Trinajstić information content (AvgIpc) is 3.14. The first-order chi connectivity index (χ1) is 11.9. The average molecular weight is 339 g/mol. The number of oxime groups is 1. The molecule has 0 bridgehead atoms. The third-order valence-corrected chi connectivity index (χ3v) is 9.01. The SMILES string of the molecule is C#CC1(O)CCC2C3CCC4=CC5ON=CC5CC4(C)C3CCC21C. The quantitative estimate of drug-likeness (QED) is 0.537. The van der Waals surface area contributed by atoms with Crippen molar-refractivity contribution >= 4 is 6.21 Å². The van der Waals surface area contributed by atoms with Crippen LogP contribution in [0, 0.1) is 46.8 Å².